The van der Waals surface area contributed by atoms with Gasteiger partial charge in [-0.05, 0) is 49.1 Å². The lowest BCUT2D eigenvalue weighted by atomic mass is 9.89. The van der Waals surface area contributed by atoms with Crippen molar-refractivity contribution < 1.29 is 19.4 Å². The molecule has 2 aromatic carbocycles. The van der Waals surface area contributed by atoms with Crippen molar-refractivity contribution in [3.8, 4) is 5.75 Å². The topological polar surface area (TPSA) is 84.7 Å². The number of imidazole rings is 1. The summed E-state index contributed by atoms with van der Waals surface area (Å²) >= 11 is 0. The van der Waals surface area contributed by atoms with Crippen LogP contribution in [0, 0.1) is 11.8 Å². The second kappa shape index (κ2) is 8.41. The van der Waals surface area contributed by atoms with Crippen molar-refractivity contribution in [3.05, 3.63) is 54.1 Å². The van der Waals surface area contributed by atoms with E-state index in [2.05, 4.69) is 13.8 Å². The minimum Gasteiger partial charge on any atom is -0.508 e. The molecule has 2 heterocycles. The summed E-state index contributed by atoms with van der Waals surface area (Å²) in [7, 11) is 0. The number of carbonyl (C=O) groups is 2. The highest BCUT2D eigenvalue weighted by Crippen LogP contribution is 2.42. The lowest BCUT2D eigenvalue weighted by Crippen LogP contribution is -2.50. The van der Waals surface area contributed by atoms with Crippen LogP contribution in [-0.2, 0) is 14.3 Å². The third-order valence-corrected chi connectivity index (χ3v) is 5.63. The number of hydrogen-bond donors (Lipinski definition) is 1. The van der Waals surface area contributed by atoms with E-state index in [1.807, 2.05) is 34.9 Å². The van der Waals surface area contributed by atoms with Crippen molar-refractivity contribution in [2.45, 2.75) is 33.2 Å². The van der Waals surface area contributed by atoms with Crippen molar-refractivity contribution in [2.24, 2.45) is 11.8 Å². The van der Waals surface area contributed by atoms with Crippen LogP contribution in [0.25, 0.3) is 11.0 Å². The number of aromatic nitrogens is 2. The summed E-state index contributed by atoms with van der Waals surface area (Å²) in [6, 6.07) is 13.6. The van der Waals surface area contributed by atoms with Gasteiger partial charge in [0.2, 0.25) is 11.9 Å². The first-order chi connectivity index (χ1) is 14.9. The zero-order chi connectivity index (χ0) is 22.1. The third-order valence-electron chi connectivity index (χ3n) is 5.63. The number of hydrogen-bond acceptors (Lipinski definition) is 5. The molecule has 1 amide bonds. The highest BCUT2D eigenvalue weighted by Gasteiger charge is 2.47. The molecule has 1 aliphatic heterocycles. The van der Waals surface area contributed by atoms with E-state index in [9.17, 15) is 14.7 Å². The fourth-order valence-corrected chi connectivity index (χ4v) is 4.16. The van der Waals surface area contributed by atoms with Crippen LogP contribution < -0.4 is 4.90 Å². The van der Waals surface area contributed by atoms with E-state index < -0.39 is 17.9 Å². The molecule has 4 rings (SSSR count). The molecule has 7 heteroatoms. The maximum atomic E-state index is 13.7. The second-order valence-electron chi connectivity index (χ2n) is 8.21. The number of para-hydroxylation sites is 2. The van der Waals surface area contributed by atoms with E-state index in [0.29, 0.717) is 24.0 Å². The summed E-state index contributed by atoms with van der Waals surface area (Å²) in [6.07, 6.45) is 0.779. The van der Waals surface area contributed by atoms with E-state index in [0.717, 1.165) is 17.5 Å². The molecule has 31 heavy (non-hydrogen) atoms. The lowest BCUT2D eigenvalue weighted by molar-refractivity contribution is -0.153. The van der Waals surface area contributed by atoms with Gasteiger partial charge in [0, 0.05) is 6.54 Å². The van der Waals surface area contributed by atoms with Crippen LogP contribution in [0.15, 0.2) is 48.5 Å². The van der Waals surface area contributed by atoms with Gasteiger partial charge in [0.05, 0.1) is 23.7 Å². The average molecular weight is 421 g/mol. The van der Waals surface area contributed by atoms with Crippen LogP contribution in [0.2, 0.25) is 0 Å². The molecule has 0 saturated heterocycles. The van der Waals surface area contributed by atoms with Crippen LogP contribution in [0.4, 0.5) is 5.95 Å². The van der Waals surface area contributed by atoms with Gasteiger partial charge in [-0.2, -0.15) is 0 Å². The first-order valence-electron chi connectivity index (χ1n) is 10.7. The van der Waals surface area contributed by atoms with Crippen LogP contribution in [0.1, 0.15) is 38.8 Å². The second-order valence-corrected chi connectivity index (χ2v) is 8.21. The summed E-state index contributed by atoms with van der Waals surface area (Å²) in [5, 5.41) is 10.1. The standard InChI is InChI=1S/C24H27N3O4/c1-4-31-23(30)20-21(16-8-7-9-17(28)14-16)27-19-11-6-5-10-18(19)25-24(27)26(22(20)29)13-12-15(2)3/h5-11,14-15,20-21,28H,4,12-13H2,1-3H3/t20-,21-/m0/s1. The number of benzene rings is 2. The van der Waals surface area contributed by atoms with Crippen LogP contribution in [-0.4, -0.2) is 39.7 Å². The largest absolute Gasteiger partial charge is 0.508 e. The number of phenols is 1. The van der Waals surface area contributed by atoms with E-state index in [-0.39, 0.29) is 18.3 Å². The van der Waals surface area contributed by atoms with E-state index in [4.69, 9.17) is 9.72 Å². The summed E-state index contributed by atoms with van der Waals surface area (Å²) in [5.74, 6) is -0.995. The Balaban J connectivity index is 1.97. The van der Waals surface area contributed by atoms with Gasteiger partial charge < -0.3 is 14.4 Å². The summed E-state index contributed by atoms with van der Waals surface area (Å²) in [5.41, 5.74) is 2.22. The Labute approximate surface area is 181 Å². The SMILES string of the molecule is CCOC(=O)[C@@H]1C(=O)N(CCC(C)C)c2nc3ccccc3n2[C@H]1c1cccc(O)c1. The monoisotopic (exact) mass is 421 g/mol. The molecule has 0 bridgehead atoms. The Morgan fingerprint density at radius 2 is 1.97 bits per heavy atom. The smallest absolute Gasteiger partial charge is 0.321 e. The normalized spacial score (nSPS) is 18.5. The number of carbonyl (C=O) groups excluding carboxylic acids is 2. The molecule has 3 aromatic rings. The van der Waals surface area contributed by atoms with E-state index >= 15 is 0 Å². The van der Waals surface area contributed by atoms with Gasteiger partial charge in [-0.1, -0.05) is 38.1 Å². The number of amides is 1. The number of phenolic OH excluding ortho intramolecular Hbond substituents is 1. The van der Waals surface area contributed by atoms with Gasteiger partial charge in [-0.3, -0.25) is 14.5 Å². The van der Waals surface area contributed by atoms with Crippen molar-refractivity contribution in [1.82, 2.24) is 9.55 Å². The molecule has 7 nitrogen and oxygen atoms in total. The van der Waals surface area contributed by atoms with E-state index in [1.54, 1.807) is 30.0 Å². The van der Waals surface area contributed by atoms with Crippen molar-refractivity contribution in [2.75, 3.05) is 18.1 Å². The quantitative estimate of drug-likeness (QED) is 0.482. The lowest BCUT2D eigenvalue weighted by Gasteiger charge is -2.38. The molecule has 0 fully saturated rings. The zero-order valence-electron chi connectivity index (χ0n) is 18.0. The molecular formula is C24H27N3O4. The third kappa shape index (κ3) is 3.76. The first kappa shape index (κ1) is 20.9. The number of anilines is 1. The Hall–Kier alpha value is -3.35. The summed E-state index contributed by atoms with van der Waals surface area (Å²) in [4.78, 5) is 33.1. The fourth-order valence-electron chi connectivity index (χ4n) is 4.16. The van der Waals surface area contributed by atoms with Crippen molar-refractivity contribution in [3.63, 3.8) is 0 Å². The molecule has 0 spiro atoms. The number of aromatic hydroxyl groups is 1. The molecule has 1 aliphatic rings. The maximum Gasteiger partial charge on any atom is 0.321 e. The Kier molecular flexibility index (Phi) is 5.67. The number of rotatable bonds is 6. The summed E-state index contributed by atoms with van der Waals surface area (Å²) < 4.78 is 7.27. The number of fused-ring (bicyclic) bond motifs is 3. The molecular weight excluding hydrogens is 394 g/mol. The molecule has 0 aliphatic carbocycles. The molecule has 1 N–H and O–H groups in total. The number of ether oxygens (including phenoxy) is 1. The Bertz CT molecular complexity index is 1120. The van der Waals surface area contributed by atoms with Gasteiger partial charge in [0.25, 0.3) is 0 Å². The molecule has 0 radical (unpaired) electrons. The minimum atomic E-state index is -1.07. The molecule has 0 saturated carbocycles. The predicted octanol–water partition coefficient (Wildman–Crippen LogP) is 3.90. The van der Waals surface area contributed by atoms with Gasteiger partial charge in [0.1, 0.15) is 5.75 Å². The Morgan fingerprint density at radius 1 is 1.19 bits per heavy atom. The summed E-state index contributed by atoms with van der Waals surface area (Å²) in [6.45, 7) is 6.55. The van der Waals surface area contributed by atoms with Gasteiger partial charge >= 0.3 is 5.97 Å². The first-order valence-corrected chi connectivity index (χ1v) is 10.7. The van der Waals surface area contributed by atoms with Gasteiger partial charge in [0.15, 0.2) is 5.92 Å². The molecule has 1 aromatic heterocycles. The number of esters is 1. The Morgan fingerprint density at radius 3 is 2.68 bits per heavy atom. The predicted molar refractivity (Wildman–Crippen MR) is 118 cm³/mol. The molecule has 0 unspecified atom stereocenters. The highest BCUT2D eigenvalue weighted by atomic mass is 16.5. The fraction of sp³-hybridized carbons (Fsp3) is 0.375. The zero-order valence-corrected chi connectivity index (χ0v) is 18.0. The van der Waals surface area contributed by atoms with Crippen molar-refractivity contribution in [1.29, 1.82) is 0 Å². The maximum absolute atomic E-state index is 13.7. The van der Waals surface area contributed by atoms with Gasteiger partial charge in [-0.15, -0.1) is 0 Å². The highest BCUT2D eigenvalue weighted by molar-refractivity contribution is 6.08. The van der Waals surface area contributed by atoms with Gasteiger partial charge in [-0.25, -0.2) is 4.98 Å². The van der Waals surface area contributed by atoms with E-state index in [1.165, 1.54) is 0 Å². The molecule has 162 valence electrons. The number of nitrogens with zero attached hydrogens (tertiary/aromatic N) is 3. The molecule has 2 atom stereocenters. The van der Waals surface area contributed by atoms with Crippen LogP contribution >= 0.6 is 0 Å². The minimum absolute atomic E-state index is 0.0702. The van der Waals surface area contributed by atoms with Crippen LogP contribution in [0.5, 0.6) is 5.75 Å². The van der Waals surface area contributed by atoms with Crippen LogP contribution in [0.3, 0.4) is 0 Å². The van der Waals surface area contributed by atoms with Crippen molar-refractivity contribution >= 4 is 28.9 Å². The average Bonchev–Trinajstić information content (AvgIpc) is 3.11.